The fourth-order valence-electron chi connectivity index (χ4n) is 2.22. The molecule has 1 amide bonds. The Morgan fingerprint density at radius 2 is 1.95 bits per heavy atom. The first-order valence-electron chi connectivity index (χ1n) is 6.58. The Kier molecular flexibility index (Phi) is 4.91. The number of carbonyl (C=O) groups is 1. The van der Waals surface area contributed by atoms with E-state index in [2.05, 4.69) is 20.4 Å². The number of nitrogens with zero attached hydrogens (tertiary/aromatic N) is 4. The third kappa shape index (κ3) is 3.76. The van der Waals surface area contributed by atoms with Crippen molar-refractivity contribution in [2.24, 2.45) is 0 Å². The third-order valence-corrected chi connectivity index (χ3v) is 6.49. The number of aromatic nitrogens is 2. The summed E-state index contributed by atoms with van der Waals surface area (Å²) in [6.45, 7) is 2.28. The van der Waals surface area contributed by atoms with Crippen LogP contribution in [-0.4, -0.2) is 67.0 Å². The molecular weight excluding hydrogens is 314 g/mol. The first-order chi connectivity index (χ1) is 9.80. The molecule has 2 heterocycles. The molecule has 0 spiro atoms. The van der Waals surface area contributed by atoms with Crippen LogP contribution in [0.4, 0.5) is 5.13 Å². The smallest absolute Gasteiger partial charge is 0.272 e. The molecule has 0 aromatic carbocycles. The summed E-state index contributed by atoms with van der Waals surface area (Å²) in [6.07, 6.45) is 1.59. The molecule has 1 saturated heterocycles. The van der Waals surface area contributed by atoms with Crippen LogP contribution in [0.3, 0.4) is 0 Å². The predicted molar refractivity (Wildman–Crippen MR) is 79.7 cm³/mol. The highest BCUT2D eigenvalue weighted by molar-refractivity contribution is 7.91. The minimum Gasteiger partial charge on any atom is -0.306 e. The van der Waals surface area contributed by atoms with Gasteiger partial charge in [0.05, 0.1) is 0 Å². The lowest BCUT2D eigenvalue weighted by Crippen LogP contribution is -2.44. The van der Waals surface area contributed by atoms with Gasteiger partial charge in [-0.1, -0.05) is 11.3 Å². The molecule has 8 nitrogen and oxygen atoms in total. The lowest BCUT2D eigenvalue weighted by Gasteiger charge is -2.33. The van der Waals surface area contributed by atoms with Gasteiger partial charge in [-0.3, -0.25) is 4.79 Å². The highest BCUT2D eigenvalue weighted by Gasteiger charge is 2.32. The van der Waals surface area contributed by atoms with Crippen molar-refractivity contribution < 1.29 is 13.2 Å². The van der Waals surface area contributed by atoms with Gasteiger partial charge in [-0.2, -0.15) is 4.31 Å². The van der Waals surface area contributed by atoms with Crippen LogP contribution in [0.5, 0.6) is 0 Å². The number of hydrogen-bond donors (Lipinski definition) is 1. The number of amides is 1. The van der Waals surface area contributed by atoms with Crippen molar-refractivity contribution in [2.75, 3.05) is 32.5 Å². The number of carbonyl (C=O) groups excluding carboxylic acids is 1. The Labute approximate surface area is 128 Å². The summed E-state index contributed by atoms with van der Waals surface area (Å²) < 4.78 is 26.3. The highest BCUT2D eigenvalue weighted by atomic mass is 32.2. The van der Waals surface area contributed by atoms with Gasteiger partial charge in [0.1, 0.15) is 0 Å². The van der Waals surface area contributed by atoms with Gasteiger partial charge in [-0.25, -0.2) is 8.42 Å². The van der Waals surface area contributed by atoms with Crippen molar-refractivity contribution >= 4 is 32.4 Å². The van der Waals surface area contributed by atoms with E-state index in [1.807, 2.05) is 14.1 Å². The maximum atomic E-state index is 12.5. The van der Waals surface area contributed by atoms with Crippen LogP contribution in [0.25, 0.3) is 0 Å². The maximum absolute atomic E-state index is 12.5. The normalized spacial score (nSPS) is 18.1. The molecule has 0 radical (unpaired) electrons. The van der Waals surface area contributed by atoms with Crippen molar-refractivity contribution in [3.05, 3.63) is 0 Å². The first-order valence-corrected chi connectivity index (χ1v) is 8.84. The van der Waals surface area contributed by atoms with Gasteiger partial charge < -0.3 is 10.2 Å². The quantitative estimate of drug-likeness (QED) is 0.792. The maximum Gasteiger partial charge on any atom is 0.272 e. The average molecular weight is 333 g/mol. The molecule has 0 bridgehead atoms. The Morgan fingerprint density at radius 1 is 1.33 bits per heavy atom. The van der Waals surface area contributed by atoms with Gasteiger partial charge in [0.25, 0.3) is 10.0 Å². The second-order valence-electron chi connectivity index (χ2n) is 5.15. The fourth-order valence-corrected chi connectivity index (χ4v) is 4.78. The van der Waals surface area contributed by atoms with Crippen LogP contribution in [-0.2, 0) is 14.8 Å². The van der Waals surface area contributed by atoms with E-state index in [-0.39, 0.29) is 15.4 Å². The zero-order valence-corrected chi connectivity index (χ0v) is 13.9. The lowest BCUT2D eigenvalue weighted by molar-refractivity contribution is -0.114. The van der Waals surface area contributed by atoms with Gasteiger partial charge in [-0.15, -0.1) is 10.2 Å². The van der Waals surface area contributed by atoms with Crippen LogP contribution >= 0.6 is 11.3 Å². The Balaban J connectivity index is 2.08. The molecule has 118 valence electrons. The van der Waals surface area contributed by atoms with Crippen molar-refractivity contribution in [1.82, 2.24) is 19.4 Å². The average Bonchev–Trinajstić information content (AvgIpc) is 2.87. The molecule has 1 aliphatic rings. The molecule has 21 heavy (non-hydrogen) atoms. The number of hydrogen-bond acceptors (Lipinski definition) is 7. The minimum atomic E-state index is -3.62. The Bertz CT molecular complexity index is 605. The summed E-state index contributed by atoms with van der Waals surface area (Å²) in [6, 6.07) is 0.404. The van der Waals surface area contributed by atoms with E-state index in [0.29, 0.717) is 19.1 Å². The summed E-state index contributed by atoms with van der Waals surface area (Å²) in [5, 5.41) is 10.0. The van der Waals surface area contributed by atoms with E-state index < -0.39 is 10.0 Å². The van der Waals surface area contributed by atoms with E-state index in [1.54, 1.807) is 0 Å². The topological polar surface area (TPSA) is 95.5 Å². The van der Waals surface area contributed by atoms with Gasteiger partial charge in [0.15, 0.2) is 0 Å². The molecule has 1 aromatic heterocycles. The third-order valence-electron chi connectivity index (χ3n) is 3.40. The summed E-state index contributed by atoms with van der Waals surface area (Å²) in [4.78, 5) is 13.1. The number of rotatable bonds is 4. The van der Waals surface area contributed by atoms with Gasteiger partial charge in [-0.05, 0) is 26.9 Å². The molecule has 0 atom stereocenters. The number of anilines is 1. The molecule has 0 aliphatic carbocycles. The van der Waals surface area contributed by atoms with E-state index >= 15 is 0 Å². The van der Waals surface area contributed by atoms with Gasteiger partial charge >= 0.3 is 0 Å². The van der Waals surface area contributed by atoms with E-state index in [0.717, 1.165) is 24.2 Å². The van der Waals surface area contributed by atoms with Crippen molar-refractivity contribution in [3.8, 4) is 0 Å². The molecular formula is C11H19N5O3S2. The molecule has 0 saturated carbocycles. The van der Waals surface area contributed by atoms with E-state index in [4.69, 9.17) is 0 Å². The zero-order valence-electron chi connectivity index (χ0n) is 12.2. The second-order valence-corrected chi connectivity index (χ2v) is 8.24. The summed E-state index contributed by atoms with van der Waals surface area (Å²) in [5.41, 5.74) is 0. The minimum absolute atomic E-state index is 0.0745. The molecule has 1 N–H and O–H groups in total. The largest absolute Gasteiger partial charge is 0.306 e. The van der Waals surface area contributed by atoms with Crippen molar-refractivity contribution in [3.63, 3.8) is 0 Å². The second kappa shape index (κ2) is 6.34. The van der Waals surface area contributed by atoms with Crippen molar-refractivity contribution in [1.29, 1.82) is 0 Å². The lowest BCUT2D eigenvalue weighted by atomic mass is 10.1. The number of piperidine rings is 1. The standard InChI is InChI=1S/C11H19N5O3S2/c1-8(17)12-10-13-14-11(20-10)21(18,19)16-6-4-9(5-7-16)15(2)3/h9H,4-7H2,1-3H3,(H,12,13,17). The van der Waals surface area contributed by atoms with Crippen molar-refractivity contribution in [2.45, 2.75) is 30.1 Å². The molecule has 0 unspecified atom stereocenters. The number of nitrogens with one attached hydrogen (secondary N) is 1. The Morgan fingerprint density at radius 3 is 2.48 bits per heavy atom. The predicted octanol–water partition coefficient (Wildman–Crippen LogP) is 0.211. The molecule has 1 fully saturated rings. The summed E-state index contributed by atoms with van der Waals surface area (Å²) >= 11 is 0.875. The van der Waals surface area contributed by atoms with E-state index in [9.17, 15) is 13.2 Å². The SMILES string of the molecule is CC(=O)Nc1nnc(S(=O)(=O)N2CCC(N(C)C)CC2)s1. The summed E-state index contributed by atoms with van der Waals surface area (Å²) in [5.74, 6) is -0.304. The molecule has 2 rings (SSSR count). The molecule has 1 aliphatic heterocycles. The van der Waals surface area contributed by atoms with Crippen LogP contribution in [0.2, 0.25) is 0 Å². The van der Waals surface area contributed by atoms with Crippen LogP contribution < -0.4 is 5.32 Å². The zero-order chi connectivity index (χ0) is 15.6. The number of sulfonamides is 1. The van der Waals surface area contributed by atoms with Gasteiger partial charge in [0.2, 0.25) is 15.4 Å². The van der Waals surface area contributed by atoms with Crippen LogP contribution in [0.15, 0.2) is 4.34 Å². The highest BCUT2D eigenvalue weighted by Crippen LogP contribution is 2.26. The van der Waals surface area contributed by atoms with E-state index in [1.165, 1.54) is 11.2 Å². The monoisotopic (exact) mass is 333 g/mol. The molecule has 1 aromatic rings. The molecule has 10 heteroatoms. The Hall–Kier alpha value is -1.10. The summed E-state index contributed by atoms with van der Waals surface area (Å²) in [7, 11) is 0.381. The van der Waals surface area contributed by atoms with Crippen LogP contribution in [0.1, 0.15) is 19.8 Å². The fraction of sp³-hybridized carbons (Fsp3) is 0.727. The first kappa shape index (κ1) is 16.3. The van der Waals surface area contributed by atoms with Gasteiger partial charge in [0, 0.05) is 26.1 Å². The van der Waals surface area contributed by atoms with Crippen LogP contribution in [0, 0.1) is 0 Å².